The van der Waals surface area contributed by atoms with Crippen molar-refractivity contribution in [2.45, 2.75) is 78.1 Å². The molecule has 3 aromatic rings. The molecular weight excluding hydrogens is 530 g/mol. The average molecular weight is 570 g/mol. The molecule has 0 saturated carbocycles. The molecule has 0 N–H and O–H groups in total. The molecule has 216 valence electrons. The highest BCUT2D eigenvalue weighted by Gasteiger charge is 2.37. The summed E-state index contributed by atoms with van der Waals surface area (Å²) >= 11 is 6.27. The Bertz CT molecular complexity index is 1410. The van der Waals surface area contributed by atoms with E-state index in [1.54, 1.807) is 33.9 Å². The summed E-state index contributed by atoms with van der Waals surface area (Å²) in [6.45, 7) is 13.6. The van der Waals surface area contributed by atoms with Crippen molar-refractivity contribution >= 4 is 34.4 Å². The monoisotopic (exact) mass is 569 g/mol. The molecule has 1 aromatic carbocycles. The number of carbonyl (C=O) groups excluding carboxylic acids is 1. The van der Waals surface area contributed by atoms with Crippen molar-refractivity contribution in [3.63, 3.8) is 0 Å². The second-order valence-corrected chi connectivity index (χ2v) is 11.2. The van der Waals surface area contributed by atoms with Crippen molar-refractivity contribution in [3.05, 3.63) is 57.6 Å². The minimum atomic E-state index is -1.07. The fraction of sp³-hybridized carbons (Fsp3) is 0.533. The van der Waals surface area contributed by atoms with Crippen LogP contribution in [0.25, 0.3) is 11.0 Å². The Balaban J connectivity index is 1.58. The van der Waals surface area contributed by atoms with E-state index in [0.29, 0.717) is 34.4 Å². The van der Waals surface area contributed by atoms with Gasteiger partial charge < -0.3 is 14.4 Å². The van der Waals surface area contributed by atoms with Crippen LogP contribution in [0.15, 0.2) is 41.2 Å². The first-order valence-corrected chi connectivity index (χ1v) is 14.4. The van der Waals surface area contributed by atoms with Gasteiger partial charge in [0.25, 0.3) is 0 Å². The maximum absolute atomic E-state index is 12.8. The highest BCUT2D eigenvalue weighted by atomic mass is 35.5. The van der Waals surface area contributed by atoms with Crippen LogP contribution in [0.1, 0.15) is 66.0 Å². The van der Waals surface area contributed by atoms with Gasteiger partial charge in [-0.3, -0.25) is 9.47 Å². The largest absolute Gasteiger partial charge is 0.476 e. The third-order valence-corrected chi connectivity index (χ3v) is 8.07. The third-order valence-electron chi connectivity index (χ3n) is 7.85. The van der Waals surface area contributed by atoms with Gasteiger partial charge >= 0.3 is 11.7 Å². The summed E-state index contributed by atoms with van der Waals surface area (Å²) in [5.74, 6) is 0.828. The van der Waals surface area contributed by atoms with Crippen LogP contribution in [-0.4, -0.2) is 62.8 Å². The molecule has 3 atom stereocenters. The number of halogens is 1. The summed E-state index contributed by atoms with van der Waals surface area (Å²) in [7, 11) is 1.71. The molecule has 1 unspecified atom stereocenters. The van der Waals surface area contributed by atoms with Crippen LogP contribution in [0, 0.1) is 0 Å². The smallest absolute Gasteiger partial charge is 0.349 e. The SMILES string of the molecule is CCOC(=O)C(C)(C)Oc1ccc(C(C)N2C[C@H](CC)N(c3nc(=O)n(C)c4ccc(Cl)nc34)C[C@H]2CC)cc1. The minimum Gasteiger partial charge on any atom is -0.476 e. The van der Waals surface area contributed by atoms with Gasteiger partial charge in [0.15, 0.2) is 11.4 Å². The lowest BCUT2D eigenvalue weighted by molar-refractivity contribution is -0.158. The zero-order valence-electron chi connectivity index (χ0n) is 24.5. The molecule has 9 nitrogen and oxygen atoms in total. The third kappa shape index (κ3) is 5.95. The van der Waals surface area contributed by atoms with E-state index in [2.05, 4.69) is 52.7 Å². The van der Waals surface area contributed by atoms with Gasteiger partial charge in [-0.25, -0.2) is 14.6 Å². The maximum atomic E-state index is 12.8. The van der Waals surface area contributed by atoms with Crippen LogP contribution in [0.2, 0.25) is 5.15 Å². The van der Waals surface area contributed by atoms with Crippen LogP contribution in [0.5, 0.6) is 5.75 Å². The molecule has 0 aliphatic carbocycles. The molecular formula is C30H40ClN5O4. The number of nitrogens with zero attached hydrogens (tertiary/aromatic N) is 5. The van der Waals surface area contributed by atoms with Gasteiger partial charge in [0.1, 0.15) is 16.4 Å². The lowest BCUT2D eigenvalue weighted by atomic mass is 9.97. The molecule has 1 fully saturated rings. The Morgan fingerprint density at radius 2 is 1.73 bits per heavy atom. The van der Waals surface area contributed by atoms with Gasteiger partial charge in [-0.15, -0.1) is 0 Å². The molecule has 0 radical (unpaired) electrons. The molecule has 4 rings (SSSR count). The van der Waals surface area contributed by atoms with Crippen LogP contribution >= 0.6 is 11.6 Å². The second kappa shape index (κ2) is 12.1. The van der Waals surface area contributed by atoms with Crippen molar-refractivity contribution in [1.82, 2.24) is 19.4 Å². The first kappa shape index (κ1) is 29.8. The Hall–Kier alpha value is -3.17. The fourth-order valence-corrected chi connectivity index (χ4v) is 5.60. The quantitative estimate of drug-likeness (QED) is 0.258. The number of pyridine rings is 1. The number of rotatable bonds is 9. The highest BCUT2D eigenvalue weighted by Crippen LogP contribution is 2.34. The average Bonchev–Trinajstić information content (AvgIpc) is 2.94. The Morgan fingerprint density at radius 1 is 1.05 bits per heavy atom. The van der Waals surface area contributed by atoms with Gasteiger partial charge in [0.2, 0.25) is 0 Å². The second-order valence-electron chi connectivity index (χ2n) is 10.8. The number of ether oxygens (including phenoxy) is 2. The van der Waals surface area contributed by atoms with Gasteiger partial charge in [-0.2, -0.15) is 4.98 Å². The van der Waals surface area contributed by atoms with Crippen molar-refractivity contribution in [2.24, 2.45) is 7.05 Å². The molecule has 1 aliphatic heterocycles. The Morgan fingerprint density at radius 3 is 2.35 bits per heavy atom. The molecule has 40 heavy (non-hydrogen) atoms. The number of anilines is 1. The number of benzene rings is 1. The summed E-state index contributed by atoms with van der Waals surface area (Å²) in [6, 6.07) is 12.0. The Kier molecular flexibility index (Phi) is 9.05. The summed E-state index contributed by atoms with van der Waals surface area (Å²) in [4.78, 5) is 38.9. The molecule has 0 amide bonds. The Labute approximate surface area is 241 Å². The van der Waals surface area contributed by atoms with E-state index >= 15 is 0 Å². The van der Waals surface area contributed by atoms with E-state index in [4.69, 9.17) is 21.1 Å². The van der Waals surface area contributed by atoms with Gasteiger partial charge in [-0.1, -0.05) is 37.6 Å². The first-order chi connectivity index (χ1) is 19.0. The van der Waals surface area contributed by atoms with Crippen molar-refractivity contribution in [2.75, 3.05) is 24.6 Å². The molecule has 0 bridgehead atoms. The van der Waals surface area contributed by atoms with E-state index in [1.807, 2.05) is 18.2 Å². The van der Waals surface area contributed by atoms with E-state index < -0.39 is 11.6 Å². The highest BCUT2D eigenvalue weighted by molar-refractivity contribution is 6.29. The van der Waals surface area contributed by atoms with E-state index in [1.165, 1.54) is 4.57 Å². The van der Waals surface area contributed by atoms with E-state index in [0.717, 1.165) is 31.5 Å². The van der Waals surface area contributed by atoms with Gasteiger partial charge in [0.05, 0.1) is 12.1 Å². The standard InChI is InChI=1S/C30H40ClN5O4/c1-8-21-18-36(27-26-24(15-16-25(31)32-26)34(7)29(38)33-27)22(9-2)17-35(21)19(4)20-11-13-23(14-12-20)40-30(5,6)28(37)39-10-3/h11-16,19,21-22H,8-10,17-18H2,1-7H3/t19?,21-,22+/m1/s1. The number of hydrogen-bond acceptors (Lipinski definition) is 8. The number of piperazine rings is 1. The summed E-state index contributed by atoms with van der Waals surface area (Å²) in [6.07, 6.45) is 1.82. The topological polar surface area (TPSA) is 89.8 Å². The van der Waals surface area contributed by atoms with Crippen molar-refractivity contribution in [3.8, 4) is 5.75 Å². The lowest BCUT2D eigenvalue weighted by Crippen LogP contribution is -2.59. The number of aromatic nitrogens is 3. The van der Waals surface area contributed by atoms with E-state index in [9.17, 15) is 9.59 Å². The number of aryl methyl sites for hydroxylation is 1. The molecule has 3 heterocycles. The number of hydrogen-bond donors (Lipinski definition) is 0. The number of esters is 1. The van der Waals surface area contributed by atoms with Crippen LogP contribution in [0.4, 0.5) is 5.82 Å². The number of fused-ring (bicyclic) bond motifs is 1. The zero-order valence-corrected chi connectivity index (χ0v) is 25.2. The number of carbonyl (C=O) groups is 1. The van der Waals surface area contributed by atoms with E-state index in [-0.39, 0.29) is 23.8 Å². The molecule has 0 spiro atoms. The van der Waals surface area contributed by atoms with Gasteiger partial charge in [-0.05, 0) is 70.4 Å². The molecule has 1 aliphatic rings. The van der Waals surface area contributed by atoms with Crippen molar-refractivity contribution in [1.29, 1.82) is 0 Å². The fourth-order valence-electron chi connectivity index (χ4n) is 5.45. The minimum absolute atomic E-state index is 0.141. The lowest BCUT2D eigenvalue weighted by Gasteiger charge is -2.49. The first-order valence-electron chi connectivity index (χ1n) is 14.0. The van der Waals surface area contributed by atoms with Crippen LogP contribution in [0.3, 0.4) is 0 Å². The zero-order chi connectivity index (χ0) is 29.2. The summed E-state index contributed by atoms with van der Waals surface area (Å²) < 4.78 is 12.6. The molecule has 1 saturated heterocycles. The molecule has 10 heteroatoms. The van der Waals surface area contributed by atoms with Gasteiger partial charge in [0, 0.05) is 38.3 Å². The normalized spacial score (nSPS) is 19.1. The predicted molar refractivity (Wildman–Crippen MR) is 158 cm³/mol. The summed E-state index contributed by atoms with van der Waals surface area (Å²) in [5, 5.41) is 0.375. The molecule has 2 aromatic heterocycles. The predicted octanol–water partition coefficient (Wildman–Crippen LogP) is 5.14. The maximum Gasteiger partial charge on any atom is 0.349 e. The summed E-state index contributed by atoms with van der Waals surface area (Å²) in [5.41, 5.74) is 1.14. The van der Waals surface area contributed by atoms with Crippen LogP contribution in [-0.2, 0) is 16.6 Å². The van der Waals surface area contributed by atoms with Crippen LogP contribution < -0.4 is 15.3 Å². The van der Waals surface area contributed by atoms with Crippen molar-refractivity contribution < 1.29 is 14.3 Å².